The van der Waals surface area contributed by atoms with E-state index in [1.54, 1.807) is 0 Å². The number of rotatable bonds is 21. The van der Waals surface area contributed by atoms with Gasteiger partial charge in [0.15, 0.2) is 0 Å². The molecule has 0 aromatic heterocycles. The zero-order chi connectivity index (χ0) is 25.0. The molecule has 0 aliphatic carbocycles. The van der Waals surface area contributed by atoms with Crippen LogP contribution >= 0.6 is 0 Å². The molecule has 0 rings (SSSR count). The summed E-state index contributed by atoms with van der Waals surface area (Å²) in [6, 6.07) is 0. The van der Waals surface area contributed by atoms with Gasteiger partial charge in [-0.05, 0) is 45.4 Å². The van der Waals surface area contributed by atoms with Crippen LogP contribution in [0.1, 0.15) is 143 Å². The first kappa shape index (κ1) is 31.4. The summed E-state index contributed by atoms with van der Waals surface area (Å²) in [5.41, 5.74) is -0.701. The van der Waals surface area contributed by atoms with Gasteiger partial charge in [-0.25, -0.2) is 4.79 Å². The van der Waals surface area contributed by atoms with Crippen molar-refractivity contribution in [2.24, 2.45) is 5.92 Å². The first-order chi connectivity index (χ1) is 15.7. The minimum Gasteiger partial charge on any atom is -0.481 e. The maximum atomic E-state index is 12.3. The van der Waals surface area contributed by atoms with E-state index in [2.05, 4.69) is 13.8 Å². The molecule has 0 heterocycles. The van der Waals surface area contributed by atoms with Gasteiger partial charge in [0, 0.05) is 12.8 Å². The average molecular weight is 471 g/mol. The highest BCUT2D eigenvalue weighted by molar-refractivity contribution is 5.81. The van der Waals surface area contributed by atoms with Gasteiger partial charge >= 0.3 is 18.1 Å². The van der Waals surface area contributed by atoms with Crippen LogP contribution in [0.3, 0.4) is 0 Å². The molecule has 0 radical (unpaired) electrons. The number of carbonyl (C=O) groups is 3. The Morgan fingerprint density at radius 1 is 0.697 bits per heavy atom. The molecule has 6 nitrogen and oxygen atoms in total. The third kappa shape index (κ3) is 18.5. The largest absolute Gasteiger partial charge is 0.516 e. The van der Waals surface area contributed by atoms with Crippen molar-refractivity contribution in [2.75, 3.05) is 0 Å². The normalized spacial score (nSPS) is 11.5. The molecule has 0 aliphatic heterocycles. The lowest BCUT2D eigenvalue weighted by Gasteiger charge is -2.33. The van der Waals surface area contributed by atoms with Gasteiger partial charge in [-0.1, -0.05) is 90.9 Å². The molecular formula is C27H50O6. The Morgan fingerprint density at radius 2 is 1.15 bits per heavy atom. The maximum Gasteiger partial charge on any atom is 0.516 e. The lowest BCUT2D eigenvalue weighted by atomic mass is 9.82. The van der Waals surface area contributed by atoms with Gasteiger partial charge in [0.25, 0.3) is 0 Å². The van der Waals surface area contributed by atoms with E-state index in [9.17, 15) is 14.4 Å². The quantitative estimate of drug-likeness (QED) is 0.103. The number of carboxylic acids is 1. The first-order valence-corrected chi connectivity index (χ1v) is 13.4. The molecule has 1 N–H and O–H groups in total. The van der Waals surface area contributed by atoms with Crippen LogP contribution in [-0.2, 0) is 19.1 Å². The van der Waals surface area contributed by atoms with Crippen LogP contribution in [0.25, 0.3) is 0 Å². The molecule has 0 saturated heterocycles. The number of hydrogen-bond acceptors (Lipinski definition) is 5. The third-order valence-corrected chi connectivity index (χ3v) is 6.36. The van der Waals surface area contributed by atoms with E-state index < -0.39 is 23.7 Å². The van der Waals surface area contributed by atoms with Crippen molar-refractivity contribution in [1.29, 1.82) is 0 Å². The Morgan fingerprint density at radius 3 is 1.64 bits per heavy atom. The molecule has 0 aromatic rings. The number of ether oxygens (including phenoxy) is 2. The van der Waals surface area contributed by atoms with Gasteiger partial charge in [-0.2, -0.15) is 0 Å². The Balaban J connectivity index is 4.59. The number of carbonyl (C=O) groups excluding carboxylic acids is 2. The van der Waals surface area contributed by atoms with Crippen LogP contribution < -0.4 is 0 Å². The minimum atomic E-state index is -0.945. The topological polar surface area (TPSA) is 89.9 Å². The molecule has 0 aromatic carbocycles. The third-order valence-electron chi connectivity index (χ3n) is 6.36. The maximum absolute atomic E-state index is 12.3. The number of aliphatic carboxylic acids is 1. The lowest BCUT2D eigenvalue weighted by Crippen LogP contribution is -2.37. The molecular weight excluding hydrogens is 420 g/mol. The van der Waals surface area contributed by atoms with Crippen molar-refractivity contribution < 1.29 is 29.0 Å². The summed E-state index contributed by atoms with van der Waals surface area (Å²) in [5.74, 6) is -1.33. The van der Waals surface area contributed by atoms with E-state index >= 15 is 0 Å². The number of esters is 1. The SMILES string of the molecule is CCCCCCCCC(CCCCCCCC)C(C)(C)OC(=O)OC(=O)CCCCC(=O)O. The smallest absolute Gasteiger partial charge is 0.481 e. The molecule has 194 valence electrons. The Bertz CT molecular complexity index is 513. The highest BCUT2D eigenvalue weighted by atomic mass is 16.7. The predicted molar refractivity (Wildman–Crippen MR) is 132 cm³/mol. The molecule has 33 heavy (non-hydrogen) atoms. The zero-order valence-corrected chi connectivity index (χ0v) is 21.8. The van der Waals surface area contributed by atoms with E-state index in [0.29, 0.717) is 12.8 Å². The summed E-state index contributed by atoms with van der Waals surface area (Å²) in [6.45, 7) is 8.28. The van der Waals surface area contributed by atoms with Gasteiger partial charge < -0.3 is 14.6 Å². The Kier molecular flexibility index (Phi) is 18.9. The van der Waals surface area contributed by atoms with Crippen LogP contribution in [0.4, 0.5) is 4.79 Å². The summed E-state index contributed by atoms with van der Waals surface area (Å²) in [4.78, 5) is 34.7. The summed E-state index contributed by atoms with van der Waals surface area (Å²) < 4.78 is 10.5. The standard InChI is InChI=1S/C27H50O6/c1-5-7-9-11-13-15-19-23(20-16-14-12-10-8-6-2)27(3,4)33-26(31)32-25(30)22-18-17-21-24(28)29/h23H,5-22H2,1-4H3,(H,28,29). The number of hydrogen-bond donors (Lipinski definition) is 1. The second kappa shape index (κ2) is 19.8. The average Bonchev–Trinajstić information content (AvgIpc) is 2.73. The van der Waals surface area contributed by atoms with Crippen molar-refractivity contribution >= 4 is 18.1 Å². The minimum absolute atomic E-state index is 0.00330. The van der Waals surface area contributed by atoms with E-state index in [1.165, 1.54) is 64.2 Å². The fraction of sp³-hybridized carbons (Fsp3) is 0.889. The van der Waals surface area contributed by atoms with E-state index in [1.807, 2.05) is 13.8 Å². The second-order valence-electron chi connectivity index (χ2n) is 9.84. The fourth-order valence-corrected chi connectivity index (χ4v) is 4.19. The molecule has 0 unspecified atom stereocenters. The summed E-state index contributed by atoms with van der Waals surface area (Å²) in [6.07, 6.45) is 16.6. The highest BCUT2D eigenvalue weighted by Gasteiger charge is 2.34. The van der Waals surface area contributed by atoms with Crippen molar-refractivity contribution in [2.45, 2.75) is 149 Å². The van der Waals surface area contributed by atoms with Crippen LogP contribution in [-0.4, -0.2) is 28.8 Å². The van der Waals surface area contributed by atoms with Crippen LogP contribution in [0.2, 0.25) is 0 Å². The molecule has 0 aliphatic rings. The van der Waals surface area contributed by atoms with Crippen molar-refractivity contribution in [3.05, 3.63) is 0 Å². The van der Waals surface area contributed by atoms with Gasteiger partial charge in [0.2, 0.25) is 0 Å². The number of unbranched alkanes of at least 4 members (excludes halogenated alkanes) is 11. The lowest BCUT2D eigenvalue weighted by molar-refractivity contribution is -0.144. The number of carboxylic acid groups (broad SMARTS) is 1. The van der Waals surface area contributed by atoms with Crippen molar-refractivity contribution in [1.82, 2.24) is 0 Å². The van der Waals surface area contributed by atoms with Gasteiger partial charge in [0.05, 0.1) is 0 Å². The highest BCUT2D eigenvalue weighted by Crippen LogP contribution is 2.32. The van der Waals surface area contributed by atoms with E-state index in [4.69, 9.17) is 14.6 Å². The molecule has 0 amide bonds. The van der Waals surface area contributed by atoms with Crippen LogP contribution in [0.5, 0.6) is 0 Å². The van der Waals surface area contributed by atoms with Crippen LogP contribution in [0, 0.1) is 5.92 Å². The zero-order valence-electron chi connectivity index (χ0n) is 21.8. The summed E-state index contributed by atoms with van der Waals surface area (Å²) in [5, 5.41) is 8.64. The molecule has 6 heteroatoms. The first-order valence-electron chi connectivity index (χ1n) is 13.4. The van der Waals surface area contributed by atoms with Gasteiger partial charge in [0.1, 0.15) is 5.60 Å². The Labute approximate surface area is 202 Å². The van der Waals surface area contributed by atoms with E-state index in [0.717, 1.165) is 25.7 Å². The molecule has 0 fully saturated rings. The predicted octanol–water partition coefficient (Wildman–Crippen LogP) is 8.21. The summed E-state index contributed by atoms with van der Waals surface area (Å²) >= 11 is 0. The van der Waals surface area contributed by atoms with Crippen molar-refractivity contribution in [3.63, 3.8) is 0 Å². The molecule has 0 bridgehead atoms. The second-order valence-corrected chi connectivity index (χ2v) is 9.84. The Hall–Kier alpha value is -1.59. The van der Waals surface area contributed by atoms with Gasteiger partial charge in [-0.3, -0.25) is 9.59 Å². The molecule has 0 saturated carbocycles. The monoisotopic (exact) mass is 470 g/mol. The summed E-state index contributed by atoms with van der Waals surface area (Å²) in [7, 11) is 0. The van der Waals surface area contributed by atoms with Crippen LogP contribution in [0.15, 0.2) is 0 Å². The van der Waals surface area contributed by atoms with Gasteiger partial charge in [-0.15, -0.1) is 0 Å². The molecule has 0 atom stereocenters. The fourth-order valence-electron chi connectivity index (χ4n) is 4.19. The molecule has 0 spiro atoms. The van der Waals surface area contributed by atoms with Crippen molar-refractivity contribution in [3.8, 4) is 0 Å². The van der Waals surface area contributed by atoms with E-state index in [-0.39, 0.29) is 18.8 Å².